The molecule has 0 saturated heterocycles. The molecule has 2 aromatic rings. The lowest BCUT2D eigenvalue weighted by molar-refractivity contribution is -0.144. The maximum Gasteiger partial charge on any atom is 0.330 e. The second-order valence-electron chi connectivity index (χ2n) is 5.10. The van der Waals surface area contributed by atoms with Crippen LogP contribution >= 0.6 is 0 Å². The number of benzene rings is 1. The Morgan fingerprint density at radius 3 is 2.35 bits per heavy atom. The lowest BCUT2D eigenvalue weighted by Crippen LogP contribution is -2.48. The Balaban J connectivity index is 2.45. The first-order chi connectivity index (χ1) is 9.36. The van der Waals surface area contributed by atoms with E-state index in [0.29, 0.717) is 5.56 Å². The van der Waals surface area contributed by atoms with Gasteiger partial charge in [-0.1, -0.05) is 30.3 Å². The number of carbonyl (C=O) groups is 1. The van der Waals surface area contributed by atoms with E-state index in [-0.39, 0.29) is 6.54 Å². The molecule has 0 aliphatic carbocycles. The Morgan fingerprint density at radius 1 is 1.30 bits per heavy atom. The molecule has 0 saturated carbocycles. The lowest BCUT2D eigenvalue weighted by atomic mass is 9.91. The number of rotatable bonds is 4. The highest BCUT2D eigenvalue weighted by Crippen LogP contribution is 2.23. The van der Waals surface area contributed by atoms with Gasteiger partial charge in [-0.25, -0.2) is 4.79 Å². The SMILES string of the molecule is Cc1nn(CC(N)(C(=O)O)c2ccccc2)c(C)c1C. The fourth-order valence-electron chi connectivity index (χ4n) is 2.19. The van der Waals surface area contributed by atoms with Crippen LogP contribution in [0.15, 0.2) is 30.3 Å². The van der Waals surface area contributed by atoms with Crippen molar-refractivity contribution in [3.05, 3.63) is 52.8 Å². The van der Waals surface area contributed by atoms with Crippen molar-refractivity contribution in [3.63, 3.8) is 0 Å². The molecule has 3 N–H and O–H groups in total. The van der Waals surface area contributed by atoms with Crippen LogP contribution in [-0.4, -0.2) is 20.9 Å². The molecule has 0 bridgehead atoms. The van der Waals surface area contributed by atoms with Crippen molar-refractivity contribution in [2.45, 2.75) is 32.9 Å². The fraction of sp³-hybridized carbons (Fsp3) is 0.333. The van der Waals surface area contributed by atoms with Crippen LogP contribution in [0.25, 0.3) is 0 Å². The average molecular weight is 273 g/mol. The molecule has 0 aliphatic rings. The Labute approximate surface area is 118 Å². The predicted octanol–water partition coefficient (Wildman–Crippen LogP) is 1.75. The minimum absolute atomic E-state index is 0.104. The van der Waals surface area contributed by atoms with Crippen LogP contribution in [-0.2, 0) is 16.9 Å². The summed E-state index contributed by atoms with van der Waals surface area (Å²) in [5.41, 5.74) is 8.13. The molecule has 0 radical (unpaired) electrons. The highest BCUT2D eigenvalue weighted by molar-refractivity contribution is 5.80. The van der Waals surface area contributed by atoms with Crippen molar-refractivity contribution >= 4 is 5.97 Å². The summed E-state index contributed by atoms with van der Waals surface area (Å²) < 4.78 is 1.67. The highest BCUT2D eigenvalue weighted by atomic mass is 16.4. The maximum absolute atomic E-state index is 11.7. The highest BCUT2D eigenvalue weighted by Gasteiger charge is 2.37. The predicted molar refractivity (Wildman–Crippen MR) is 76.4 cm³/mol. The van der Waals surface area contributed by atoms with E-state index in [4.69, 9.17) is 5.73 Å². The summed E-state index contributed by atoms with van der Waals surface area (Å²) in [5.74, 6) is -1.06. The molecule has 0 spiro atoms. The molecule has 1 heterocycles. The van der Waals surface area contributed by atoms with Gasteiger partial charge in [0.2, 0.25) is 0 Å². The maximum atomic E-state index is 11.7. The van der Waals surface area contributed by atoms with Crippen LogP contribution in [0.1, 0.15) is 22.5 Å². The molecule has 1 atom stereocenters. The Morgan fingerprint density at radius 2 is 1.90 bits per heavy atom. The van der Waals surface area contributed by atoms with E-state index in [0.717, 1.165) is 17.0 Å². The van der Waals surface area contributed by atoms with E-state index in [1.807, 2.05) is 26.8 Å². The lowest BCUT2D eigenvalue weighted by Gasteiger charge is -2.25. The first kappa shape index (κ1) is 14.3. The number of hydrogen-bond acceptors (Lipinski definition) is 3. The molecule has 5 nitrogen and oxygen atoms in total. The van der Waals surface area contributed by atoms with Crippen molar-refractivity contribution in [1.29, 1.82) is 0 Å². The topological polar surface area (TPSA) is 81.1 Å². The molecule has 1 unspecified atom stereocenters. The first-order valence-corrected chi connectivity index (χ1v) is 6.44. The summed E-state index contributed by atoms with van der Waals surface area (Å²) in [6, 6.07) is 8.86. The van der Waals surface area contributed by atoms with Gasteiger partial charge >= 0.3 is 5.97 Å². The van der Waals surface area contributed by atoms with E-state index in [9.17, 15) is 9.90 Å². The summed E-state index contributed by atoms with van der Waals surface area (Å²) in [4.78, 5) is 11.7. The van der Waals surface area contributed by atoms with Crippen LogP contribution < -0.4 is 5.73 Å². The first-order valence-electron chi connectivity index (χ1n) is 6.44. The zero-order chi connectivity index (χ0) is 14.9. The Hall–Kier alpha value is -2.14. The van der Waals surface area contributed by atoms with Gasteiger partial charge < -0.3 is 10.8 Å². The summed E-state index contributed by atoms with van der Waals surface area (Å²) >= 11 is 0. The van der Waals surface area contributed by atoms with E-state index >= 15 is 0 Å². The summed E-state index contributed by atoms with van der Waals surface area (Å²) in [7, 11) is 0. The third-order valence-electron chi connectivity index (χ3n) is 3.81. The molecule has 0 aliphatic heterocycles. The molecule has 0 amide bonds. The smallest absolute Gasteiger partial charge is 0.330 e. The third-order valence-corrected chi connectivity index (χ3v) is 3.81. The van der Waals surface area contributed by atoms with Gasteiger partial charge in [0.05, 0.1) is 12.2 Å². The second-order valence-corrected chi connectivity index (χ2v) is 5.10. The summed E-state index contributed by atoms with van der Waals surface area (Å²) in [6.45, 7) is 5.89. The third kappa shape index (κ3) is 2.32. The molecular weight excluding hydrogens is 254 g/mol. The number of nitrogens with two attached hydrogens (primary N) is 1. The number of nitrogens with zero attached hydrogens (tertiary/aromatic N) is 2. The number of aromatic nitrogens is 2. The molecule has 20 heavy (non-hydrogen) atoms. The van der Waals surface area contributed by atoms with Crippen LogP contribution in [0.4, 0.5) is 0 Å². The number of aliphatic carboxylic acids is 1. The van der Waals surface area contributed by atoms with Crippen LogP contribution in [0.5, 0.6) is 0 Å². The average Bonchev–Trinajstić information content (AvgIpc) is 2.67. The second kappa shape index (κ2) is 5.09. The number of hydrogen-bond donors (Lipinski definition) is 2. The number of carboxylic acid groups (broad SMARTS) is 1. The van der Waals surface area contributed by atoms with Crippen molar-refractivity contribution in [1.82, 2.24) is 9.78 Å². The van der Waals surface area contributed by atoms with Gasteiger partial charge in [-0.3, -0.25) is 4.68 Å². The summed E-state index contributed by atoms with van der Waals surface area (Å²) in [5, 5.41) is 13.9. The van der Waals surface area contributed by atoms with E-state index in [1.54, 1.807) is 28.9 Å². The van der Waals surface area contributed by atoms with Crippen molar-refractivity contribution < 1.29 is 9.90 Å². The van der Waals surface area contributed by atoms with Crippen LogP contribution in [0.2, 0.25) is 0 Å². The van der Waals surface area contributed by atoms with Crippen molar-refractivity contribution in [2.75, 3.05) is 0 Å². The standard InChI is InChI=1S/C15H19N3O2/c1-10-11(2)17-18(12(10)3)9-15(16,14(19)20)13-7-5-4-6-8-13/h4-8H,9,16H2,1-3H3,(H,19,20). The van der Waals surface area contributed by atoms with E-state index in [1.165, 1.54) is 0 Å². The van der Waals surface area contributed by atoms with Gasteiger partial charge in [-0.2, -0.15) is 5.10 Å². The van der Waals surface area contributed by atoms with Gasteiger partial charge in [-0.15, -0.1) is 0 Å². The van der Waals surface area contributed by atoms with Crippen LogP contribution in [0, 0.1) is 20.8 Å². The van der Waals surface area contributed by atoms with Crippen molar-refractivity contribution in [2.24, 2.45) is 5.73 Å². The Bertz CT molecular complexity index is 634. The molecule has 1 aromatic heterocycles. The van der Waals surface area contributed by atoms with Gasteiger partial charge in [0, 0.05) is 5.69 Å². The quantitative estimate of drug-likeness (QED) is 0.889. The Kier molecular flexibility index (Phi) is 3.63. The minimum atomic E-state index is -1.49. The van der Waals surface area contributed by atoms with Gasteiger partial charge in [0.25, 0.3) is 0 Å². The molecule has 2 rings (SSSR count). The zero-order valence-electron chi connectivity index (χ0n) is 11.9. The molecular formula is C15H19N3O2. The van der Waals surface area contributed by atoms with Gasteiger partial charge in [0.15, 0.2) is 5.54 Å². The van der Waals surface area contributed by atoms with Gasteiger partial charge in [-0.05, 0) is 31.9 Å². The van der Waals surface area contributed by atoms with E-state index in [2.05, 4.69) is 5.10 Å². The van der Waals surface area contributed by atoms with E-state index < -0.39 is 11.5 Å². The minimum Gasteiger partial charge on any atom is -0.480 e. The molecule has 1 aromatic carbocycles. The molecule has 106 valence electrons. The monoisotopic (exact) mass is 273 g/mol. The largest absolute Gasteiger partial charge is 0.480 e. The molecule has 5 heteroatoms. The fourth-order valence-corrected chi connectivity index (χ4v) is 2.19. The summed E-state index contributed by atoms with van der Waals surface area (Å²) in [6.07, 6.45) is 0. The van der Waals surface area contributed by atoms with Crippen LogP contribution in [0.3, 0.4) is 0 Å². The number of aryl methyl sites for hydroxylation is 1. The van der Waals surface area contributed by atoms with Crippen molar-refractivity contribution in [3.8, 4) is 0 Å². The zero-order valence-corrected chi connectivity index (χ0v) is 11.9. The van der Waals surface area contributed by atoms with Gasteiger partial charge in [0.1, 0.15) is 0 Å². The number of carboxylic acids is 1. The molecule has 0 fully saturated rings. The normalized spacial score (nSPS) is 14.0.